The van der Waals surface area contributed by atoms with E-state index in [1.54, 1.807) is 0 Å². The van der Waals surface area contributed by atoms with Crippen molar-refractivity contribution in [1.29, 1.82) is 0 Å². The van der Waals surface area contributed by atoms with Gasteiger partial charge in [-0.3, -0.25) is 0 Å². The summed E-state index contributed by atoms with van der Waals surface area (Å²) < 4.78 is 0. The molecule has 2 N–H and O–H groups in total. The molecule has 0 saturated heterocycles. The molecule has 0 aliphatic carbocycles. The second-order valence-electron chi connectivity index (χ2n) is 0.283. The van der Waals surface area contributed by atoms with E-state index in [1.807, 2.05) is 0 Å². The summed E-state index contributed by atoms with van der Waals surface area (Å²) in [5.41, 5.74) is 0. The second kappa shape index (κ2) is 8.96. The molecule has 0 bridgehead atoms. The van der Waals surface area contributed by atoms with Crippen molar-refractivity contribution in [3.63, 3.8) is 0 Å². The summed E-state index contributed by atoms with van der Waals surface area (Å²) in [5.74, 6) is 0. The molecule has 1 atom stereocenters. The van der Waals surface area contributed by atoms with Gasteiger partial charge in [-0.1, -0.05) is 0 Å². The van der Waals surface area contributed by atoms with Crippen molar-refractivity contribution >= 4 is 16.1 Å². The van der Waals surface area contributed by atoms with Gasteiger partial charge in [0.1, 0.15) is 0 Å². The Morgan fingerprint density at radius 1 is 1.33 bits per heavy atom. The van der Waals surface area contributed by atoms with Gasteiger partial charge in [0.2, 0.25) is 0 Å². The molecule has 0 amide bonds. The van der Waals surface area contributed by atoms with Gasteiger partial charge in [-0.2, -0.15) is 9.90 Å². The van der Waals surface area contributed by atoms with Crippen molar-refractivity contribution in [2.24, 2.45) is 0 Å². The fraction of sp³-hybridized carbons (Fsp3) is 0. The molecule has 0 aliphatic heterocycles. The van der Waals surface area contributed by atoms with E-state index in [9.17, 15) is 0 Å². The maximum atomic E-state index is 8.56. The van der Waals surface area contributed by atoms with Crippen LogP contribution in [0.15, 0.2) is 0 Å². The largest absolute Gasteiger partial charge is 0.503 e. The van der Waals surface area contributed by atoms with Crippen LogP contribution in [0, 0.1) is 0 Å². The third-order valence-electron chi connectivity index (χ3n) is 0. The van der Waals surface area contributed by atoms with E-state index in [0.29, 0.717) is 0 Å². The third-order valence-corrected chi connectivity index (χ3v) is 0. The van der Waals surface area contributed by atoms with Crippen molar-refractivity contribution in [3.8, 4) is 0 Å². The fourth-order valence-electron chi connectivity index (χ4n) is 0. The number of hydrogen-bond donors (Lipinski definition) is 2. The monoisotopic (exact) mass is 155 g/mol. The minimum absolute atomic E-state index is 0. The van der Waals surface area contributed by atoms with Gasteiger partial charge in [-0.25, -0.2) is 4.79 Å². The van der Waals surface area contributed by atoms with E-state index in [4.69, 9.17) is 15.0 Å². The van der Waals surface area contributed by atoms with Crippen molar-refractivity contribution in [2.45, 2.75) is 0 Å². The predicted octanol–water partition coefficient (Wildman–Crippen LogP) is 0.278. The molecule has 0 aromatic rings. The van der Waals surface area contributed by atoms with Crippen LogP contribution in [-0.2, 0) is 16.8 Å². The molecule has 6 heavy (non-hydrogen) atoms. The summed E-state index contributed by atoms with van der Waals surface area (Å²) in [6, 6.07) is 0. The van der Waals surface area contributed by atoms with Crippen LogP contribution in [0.4, 0.5) is 4.79 Å². The molecule has 0 aliphatic rings. The molecule has 3 nitrogen and oxygen atoms in total. The number of hydrogen-bond acceptors (Lipinski definition) is 1. The summed E-state index contributed by atoms with van der Waals surface area (Å²) in [5, 5.41) is 13.9. The minimum atomic E-state index is -1.83. The molecule has 0 heterocycles. The van der Waals surface area contributed by atoms with Gasteiger partial charge >= 0.3 is 6.16 Å². The van der Waals surface area contributed by atoms with Gasteiger partial charge in [-0.05, 0) is 0 Å². The molecule has 0 aromatic carbocycles. The van der Waals surface area contributed by atoms with Crippen molar-refractivity contribution in [3.05, 3.63) is 0 Å². The molecule has 5 heteroatoms. The van der Waals surface area contributed by atoms with Crippen LogP contribution in [0.25, 0.3) is 0 Å². The van der Waals surface area contributed by atoms with Gasteiger partial charge in [0.15, 0.2) is 0 Å². The van der Waals surface area contributed by atoms with Crippen molar-refractivity contribution in [1.82, 2.24) is 0 Å². The zero-order chi connectivity index (χ0) is 3.58. The molecular formula is CH5CoO3P. The van der Waals surface area contributed by atoms with E-state index < -0.39 is 6.16 Å². The minimum Gasteiger partial charge on any atom is -0.450 e. The standard InChI is InChI=1S/CH2O3.Co.H3P/c2-1(3)4;;/h(H2,2,3,4);;1H3. The molecule has 0 aromatic heterocycles. The summed E-state index contributed by atoms with van der Waals surface area (Å²) in [6.07, 6.45) is -1.83. The molecule has 0 rings (SSSR count). The van der Waals surface area contributed by atoms with Crippen LogP contribution in [0.3, 0.4) is 0 Å². The van der Waals surface area contributed by atoms with Gasteiger partial charge < -0.3 is 10.2 Å². The summed E-state index contributed by atoms with van der Waals surface area (Å²) in [6.45, 7) is 0. The Bertz CT molecular complexity index is 33.8. The third kappa shape index (κ3) is 1010. The Kier molecular flexibility index (Phi) is 24.4. The van der Waals surface area contributed by atoms with Gasteiger partial charge in [0.05, 0.1) is 0 Å². The zero-order valence-electron chi connectivity index (χ0n) is 2.84. The number of carbonyl (C=O) groups is 1. The smallest absolute Gasteiger partial charge is 0.450 e. The molecular weight excluding hydrogens is 150 g/mol. The number of rotatable bonds is 0. The van der Waals surface area contributed by atoms with Crippen molar-refractivity contribution < 1.29 is 31.8 Å². The van der Waals surface area contributed by atoms with E-state index in [1.165, 1.54) is 0 Å². The molecule has 0 saturated carbocycles. The molecule has 0 fully saturated rings. The van der Waals surface area contributed by atoms with Crippen LogP contribution < -0.4 is 0 Å². The van der Waals surface area contributed by atoms with Crippen molar-refractivity contribution in [2.75, 3.05) is 0 Å². The van der Waals surface area contributed by atoms with Gasteiger partial charge in [-0.15, -0.1) is 0 Å². The van der Waals surface area contributed by atoms with Crippen LogP contribution >= 0.6 is 9.90 Å². The Balaban J connectivity index is -0.0000000450. The number of carboxylic acid groups (broad SMARTS) is 2. The molecule has 1 unspecified atom stereocenters. The van der Waals surface area contributed by atoms with Crippen LogP contribution in [0.1, 0.15) is 0 Å². The average molecular weight is 155 g/mol. The van der Waals surface area contributed by atoms with Crippen LogP contribution in [0.2, 0.25) is 0 Å². The average Bonchev–Trinajstić information content (AvgIpc) is 0.811. The van der Waals surface area contributed by atoms with E-state index in [2.05, 4.69) is 0 Å². The summed E-state index contributed by atoms with van der Waals surface area (Å²) in [4.78, 5) is 8.56. The first-order valence-electron chi connectivity index (χ1n) is 0.651. The zero-order valence-corrected chi connectivity index (χ0v) is 5.30. The Labute approximate surface area is 48.6 Å². The van der Waals surface area contributed by atoms with E-state index in [-0.39, 0.29) is 26.7 Å². The molecule has 0 spiro atoms. The normalized spacial score (nSPS) is 4.00. The molecule has 1 radical (unpaired) electrons. The first kappa shape index (κ1) is 16.4. The first-order valence-corrected chi connectivity index (χ1v) is 0.651. The first-order chi connectivity index (χ1) is 1.73. The summed E-state index contributed by atoms with van der Waals surface area (Å²) in [7, 11) is 0. The van der Waals surface area contributed by atoms with Gasteiger partial charge in [0.25, 0.3) is 0 Å². The maximum Gasteiger partial charge on any atom is 0.503 e. The molecule has 41 valence electrons. The quantitative estimate of drug-likeness (QED) is 0.494. The second-order valence-corrected chi connectivity index (χ2v) is 0.283. The summed E-state index contributed by atoms with van der Waals surface area (Å²) >= 11 is 0. The van der Waals surface area contributed by atoms with E-state index >= 15 is 0 Å². The Hall–Kier alpha value is 0.206. The Morgan fingerprint density at radius 2 is 1.33 bits per heavy atom. The maximum absolute atomic E-state index is 8.56. The topological polar surface area (TPSA) is 57.5 Å². The Morgan fingerprint density at radius 3 is 1.33 bits per heavy atom. The fourth-order valence-corrected chi connectivity index (χ4v) is 0. The van der Waals surface area contributed by atoms with E-state index in [0.717, 1.165) is 0 Å². The predicted molar refractivity (Wildman–Crippen MR) is 21.8 cm³/mol. The SMILES string of the molecule is O=C(O)O.P.[Co]. The van der Waals surface area contributed by atoms with Gasteiger partial charge in [0, 0.05) is 16.8 Å². The van der Waals surface area contributed by atoms with Crippen LogP contribution in [0.5, 0.6) is 0 Å². The van der Waals surface area contributed by atoms with Crippen LogP contribution in [-0.4, -0.2) is 16.4 Å².